The van der Waals surface area contributed by atoms with Gasteiger partial charge in [0.1, 0.15) is 6.04 Å². The van der Waals surface area contributed by atoms with E-state index in [1.807, 2.05) is 19.1 Å². The molecule has 0 aliphatic heterocycles. The van der Waals surface area contributed by atoms with Gasteiger partial charge in [-0.05, 0) is 31.2 Å². The van der Waals surface area contributed by atoms with Crippen molar-refractivity contribution in [3.8, 4) is 0 Å². The first-order valence-corrected chi connectivity index (χ1v) is 7.44. The van der Waals surface area contributed by atoms with Crippen molar-refractivity contribution < 1.29 is 18.0 Å². The summed E-state index contributed by atoms with van der Waals surface area (Å²) in [5.74, 6) is -0.109. The molecule has 1 fully saturated rings. The van der Waals surface area contributed by atoms with E-state index in [-0.39, 0.29) is 19.0 Å². The number of hydrogen-bond donors (Lipinski definition) is 1. The molecule has 23 heavy (non-hydrogen) atoms. The number of benzene rings is 1. The van der Waals surface area contributed by atoms with Gasteiger partial charge in [-0.3, -0.25) is 4.79 Å². The lowest BCUT2D eigenvalue weighted by molar-refractivity contribution is -0.146. The van der Waals surface area contributed by atoms with Crippen molar-refractivity contribution in [2.75, 3.05) is 13.1 Å². The topological polar surface area (TPSA) is 46.3 Å². The van der Waals surface area contributed by atoms with Crippen molar-refractivity contribution >= 4 is 18.3 Å². The Labute approximate surface area is 140 Å². The lowest BCUT2D eigenvalue weighted by Crippen LogP contribution is -2.41. The molecule has 130 valence electrons. The fourth-order valence-corrected chi connectivity index (χ4v) is 2.28. The zero-order chi connectivity index (χ0) is 16.3. The molecular weight excluding hydrogens is 329 g/mol. The smallest absolute Gasteiger partial charge is 0.340 e. The number of amides is 1. The summed E-state index contributed by atoms with van der Waals surface area (Å²) < 4.78 is 37.3. The average Bonchev–Trinajstić information content (AvgIpc) is 3.26. The van der Waals surface area contributed by atoms with E-state index in [1.54, 1.807) is 12.1 Å². The van der Waals surface area contributed by atoms with E-state index in [9.17, 15) is 18.0 Å². The van der Waals surface area contributed by atoms with E-state index in [4.69, 9.17) is 5.73 Å². The number of rotatable bonds is 6. The van der Waals surface area contributed by atoms with E-state index in [0.717, 1.165) is 18.4 Å². The summed E-state index contributed by atoms with van der Waals surface area (Å²) in [5, 5.41) is 0. The van der Waals surface area contributed by atoms with Crippen molar-refractivity contribution in [1.82, 2.24) is 4.90 Å². The molecule has 0 spiro atoms. The lowest BCUT2D eigenvalue weighted by Gasteiger charge is -2.26. The van der Waals surface area contributed by atoms with Crippen molar-refractivity contribution in [3.05, 3.63) is 35.4 Å². The van der Waals surface area contributed by atoms with Crippen LogP contribution in [0.1, 0.15) is 36.4 Å². The van der Waals surface area contributed by atoms with Gasteiger partial charge in [-0.1, -0.05) is 29.8 Å². The van der Waals surface area contributed by atoms with Crippen LogP contribution in [0.3, 0.4) is 0 Å². The minimum absolute atomic E-state index is 0. The molecule has 0 radical (unpaired) electrons. The Balaban J connectivity index is 0.00000264. The molecule has 0 heterocycles. The number of aryl methyl sites for hydroxylation is 1. The van der Waals surface area contributed by atoms with Crippen LogP contribution < -0.4 is 5.73 Å². The zero-order valence-corrected chi connectivity index (χ0v) is 13.8. The first-order valence-electron chi connectivity index (χ1n) is 7.44. The molecule has 0 bridgehead atoms. The van der Waals surface area contributed by atoms with Gasteiger partial charge in [-0.15, -0.1) is 12.4 Å². The number of alkyl halides is 3. The Bertz CT molecular complexity index is 515. The van der Waals surface area contributed by atoms with Crippen LogP contribution in [-0.2, 0) is 4.79 Å². The van der Waals surface area contributed by atoms with Crippen LogP contribution in [-0.4, -0.2) is 30.1 Å². The third-order valence-corrected chi connectivity index (χ3v) is 3.85. The van der Waals surface area contributed by atoms with Crippen molar-refractivity contribution in [2.24, 2.45) is 11.7 Å². The molecule has 2 rings (SSSR count). The molecule has 7 heteroatoms. The van der Waals surface area contributed by atoms with Crippen LogP contribution in [0, 0.1) is 12.8 Å². The van der Waals surface area contributed by atoms with Gasteiger partial charge in [-0.2, -0.15) is 13.2 Å². The van der Waals surface area contributed by atoms with Crippen LogP contribution in [0.5, 0.6) is 0 Å². The third kappa shape index (κ3) is 6.39. The van der Waals surface area contributed by atoms with Gasteiger partial charge in [0.05, 0.1) is 6.42 Å². The quantitative estimate of drug-likeness (QED) is 0.852. The van der Waals surface area contributed by atoms with Crippen molar-refractivity contribution in [1.29, 1.82) is 0 Å². The number of halogens is 4. The minimum atomic E-state index is -4.27. The Kier molecular flexibility index (Phi) is 6.89. The maximum Gasteiger partial charge on any atom is 0.390 e. The van der Waals surface area contributed by atoms with Gasteiger partial charge < -0.3 is 10.6 Å². The van der Waals surface area contributed by atoms with E-state index < -0.39 is 24.5 Å². The summed E-state index contributed by atoms with van der Waals surface area (Å²) in [7, 11) is 0. The molecule has 3 nitrogen and oxygen atoms in total. The van der Waals surface area contributed by atoms with Gasteiger partial charge in [0, 0.05) is 13.1 Å². The maximum absolute atomic E-state index is 12.4. The van der Waals surface area contributed by atoms with Crippen molar-refractivity contribution in [2.45, 2.75) is 38.4 Å². The van der Waals surface area contributed by atoms with Crippen LogP contribution in [0.25, 0.3) is 0 Å². The Hall–Kier alpha value is -1.27. The Morgan fingerprint density at radius 2 is 1.87 bits per heavy atom. The van der Waals surface area contributed by atoms with Crippen LogP contribution in [0.4, 0.5) is 13.2 Å². The summed E-state index contributed by atoms with van der Waals surface area (Å²) in [4.78, 5) is 13.7. The highest BCUT2D eigenvalue weighted by Crippen LogP contribution is 2.31. The monoisotopic (exact) mass is 350 g/mol. The van der Waals surface area contributed by atoms with E-state index in [1.165, 1.54) is 4.90 Å². The first-order chi connectivity index (χ1) is 10.3. The molecule has 0 saturated heterocycles. The van der Waals surface area contributed by atoms with Crippen LogP contribution in [0.2, 0.25) is 0 Å². The summed E-state index contributed by atoms with van der Waals surface area (Å²) in [5.41, 5.74) is 7.62. The second-order valence-corrected chi connectivity index (χ2v) is 5.98. The molecule has 1 unspecified atom stereocenters. The summed E-state index contributed by atoms with van der Waals surface area (Å²) in [6, 6.07) is 6.26. The van der Waals surface area contributed by atoms with Gasteiger partial charge >= 0.3 is 6.18 Å². The van der Waals surface area contributed by atoms with E-state index >= 15 is 0 Å². The fourth-order valence-electron chi connectivity index (χ4n) is 2.28. The molecule has 1 atom stereocenters. The number of hydrogen-bond acceptors (Lipinski definition) is 2. The van der Waals surface area contributed by atoms with Gasteiger partial charge in [0.15, 0.2) is 0 Å². The molecule has 1 amide bonds. The third-order valence-electron chi connectivity index (χ3n) is 3.85. The highest BCUT2D eigenvalue weighted by Gasteiger charge is 2.33. The highest BCUT2D eigenvalue weighted by molar-refractivity contribution is 5.85. The van der Waals surface area contributed by atoms with Gasteiger partial charge in [0.25, 0.3) is 0 Å². The molecule has 0 aromatic heterocycles. The molecule has 1 aromatic carbocycles. The molecule has 2 N–H and O–H groups in total. The second kappa shape index (κ2) is 8.02. The van der Waals surface area contributed by atoms with Crippen LogP contribution in [0.15, 0.2) is 24.3 Å². The minimum Gasteiger partial charge on any atom is -0.340 e. The number of carbonyl (C=O) groups excluding carboxylic acids is 1. The number of nitrogens with zero attached hydrogens (tertiary/aromatic N) is 1. The molecule has 1 saturated carbocycles. The Morgan fingerprint density at radius 1 is 1.30 bits per heavy atom. The predicted molar refractivity (Wildman–Crippen MR) is 85.3 cm³/mol. The standard InChI is InChI=1S/C16H21F3N2O.ClH/c1-11-2-6-13(7-3-11)14(20)15(22)21(10-12-4-5-12)9-8-16(17,18)19;/h2-3,6-7,12,14H,4-5,8-10,20H2,1H3;1H. The molecule has 1 aliphatic carbocycles. The van der Waals surface area contributed by atoms with Gasteiger partial charge in [-0.25, -0.2) is 0 Å². The highest BCUT2D eigenvalue weighted by atomic mass is 35.5. The zero-order valence-electron chi connectivity index (χ0n) is 13.0. The SMILES string of the molecule is Cc1ccc(C(N)C(=O)N(CCC(F)(F)F)CC2CC2)cc1.Cl. The molecule has 1 aliphatic rings. The molecule has 1 aromatic rings. The normalized spacial score (nSPS) is 15.7. The largest absolute Gasteiger partial charge is 0.390 e. The van der Waals surface area contributed by atoms with E-state index in [2.05, 4.69) is 0 Å². The summed E-state index contributed by atoms with van der Waals surface area (Å²) in [6.07, 6.45) is -3.33. The maximum atomic E-state index is 12.4. The van der Waals surface area contributed by atoms with Crippen LogP contribution >= 0.6 is 12.4 Å². The lowest BCUT2D eigenvalue weighted by atomic mass is 10.0. The van der Waals surface area contributed by atoms with Crippen molar-refractivity contribution in [3.63, 3.8) is 0 Å². The summed E-state index contributed by atoms with van der Waals surface area (Å²) in [6.45, 7) is 1.97. The fraction of sp³-hybridized carbons (Fsp3) is 0.562. The first kappa shape index (κ1) is 19.8. The average molecular weight is 351 g/mol. The van der Waals surface area contributed by atoms with Gasteiger partial charge in [0.2, 0.25) is 5.91 Å². The summed E-state index contributed by atoms with van der Waals surface area (Å²) >= 11 is 0. The molecular formula is C16H22ClF3N2O. The van der Waals surface area contributed by atoms with E-state index in [0.29, 0.717) is 18.0 Å². The second-order valence-electron chi connectivity index (χ2n) is 5.98. The predicted octanol–water partition coefficient (Wildman–Crippen LogP) is 3.61. The Morgan fingerprint density at radius 3 is 2.35 bits per heavy atom. The number of carbonyl (C=O) groups is 1. The number of nitrogens with two attached hydrogens (primary N) is 1.